The molecule has 2 rings (SSSR count). The van der Waals surface area contributed by atoms with Crippen LogP contribution in [0.5, 0.6) is 23.0 Å². The van der Waals surface area contributed by atoms with Crippen LogP contribution in [0.15, 0.2) is 39.9 Å². The fourth-order valence-electron chi connectivity index (χ4n) is 1.59. The summed E-state index contributed by atoms with van der Waals surface area (Å²) in [4.78, 5) is 11.8. The first-order valence-electron chi connectivity index (χ1n) is 5.95. The zero-order valence-corrected chi connectivity index (χ0v) is 12.6. The van der Waals surface area contributed by atoms with Crippen molar-refractivity contribution in [3.63, 3.8) is 0 Å². The van der Waals surface area contributed by atoms with E-state index in [1.54, 1.807) is 12.1 Å². The van der Waals surface area contributed by atoms with Crippen LogP contribution in [-0.2, 0) is 0 Å². The van der Waals surface area contributed by atoms with E-state index in [9.17, 15) is 25.2 Å². The zero-order valence-electron chi connectivity index (χ0n) is 11.0. The molecule has 5 N–H and O–H groups in total. The quantitative estimate of drug-likeness (QED) is 0.323. The number of rotatable bonds is 3. The van der Waals surface area contributed by atoms with Gasteiger partial charge in [-0.2, -0.15) is 5.10 Å². The number of carbonyl (C=O) groups excluding carboxylic acids is 1. The third kappa shape index (κ3) is 3.47. The van der Waals surface area contributed by atoms with Crippen LogP contribution in [0.25, 0.3) is 0 Å². The topological polar surface area (TPSA) is 122 Å². The fraction of sp³-hybridized carbons (Fsp3) is 0. The lowest BCUT2D eigenvalue weighted by atomic mass is 10.2. The first kappa shape index (κ1) is 15.6. The van der Waals surface area contributed by atoms with E-state index in [-0.39, 0.29) is 11.3 Å². The van der Waals surface area contributed by atoms with E-state index in [1.807, 2.05) is 0 Å². The minimum absolute atomic E-state index is 0.0129. The van der Waals surface area contributed by atoms with Gasteiger partial charge in [0.15, 0.2) is 17.2 Å². The summed E-state index contributed by atoms with van der Waals surface area (Å²) < 4.78 is 0.728. The Morgan fingerprint density at radius 3 is 2.32 bits per heavy atom. The molecule has 2 aromatic rings. The van der Waals surface area contributed by atoms with Gasteiger partial charge in [-0.25, -0.2) is 5.43 Å². The van der Waals surface area contributed by atoms with Crippen molar-refractivity contribution in [1.82, 2.24) is 5.43 Å². The number of aromatic hydroxyl groups is 4. The van der Waals surface area contributed by atoms with Crippen LogP contribution in [0.4, 0.5) is 0 Å². The highest BCUT2D eigenvalue weighted by Gasteiger charge is 2.12. The SMILES string of the molecule is O=C(NN=Cc1cc(Br)ccc1O)c1cc(O)c(O)c(O)c1. The van der Waals surface area contributed by atoms with Gasteiger partial charge in [-0.05, 0) is 30.3 Å². The standard InChI is InChI=1S/C14H11BrN2O5/c15-9-1-2-10(18)8(3-9)6-16-17-14(22)7-4-11(19)13(21)12(20)5-7/h1-6,18-21H,(H,17,22). The molecular weight excluding hydrogens is 356 g/mol. The molecule has 114 valence electrons. The Morgan fingerprint density at radius 2 is 1.68 bits per heavy atom. The second kappa shape index (κ2) is 6.35. The summed E-state index contributed by atoms with van der Waals surface area (Å²) in [6, 6.07) is 6.67. The highest BCUT2D eigenvalue weighted by atomic mass is 79.9. The largest absolute Gasteiger partial charge is 0.507 e. The molecule has 0 atom stereocenters. The van der Waals surface area contributed by atoms with Crippen molar-refractivity contribution in [2.75, 3.05) is 0 Å². The molecule has 1 amide bonds. The summed E-state index contributed by atoms with van der Waals surface area (Å²) in [5, 5.41) is 41.1. The van der Waals surface area contributed by atoms with E-state index in [0.29, 0.717) is 5.56 Å². The van der Waals surface area contributed by atoms with Crippen LogP contribution in [-0.4, -0.2) is 32.5 Å². The highest BCUT2D eigenvalue weighted by Crippen LogP contribution is 2.35. The molecule has 0 spiro atoms. The summed E-state index contributed by atoms with van der Waals surface area (Å²) in [6.07, 6.45) is 1.23. The Labute approximate surface area is 133 Å². The van der Waals surface area contributed by atoms with E-state index in [1.165, 1.54) is 12.3 Å². The second-order valence-corrected chi connectivity index (χ2v) is 5.18. The van der Waals surface area contributed by atoms with E-state index in [2.05, 4.69) is 26.5 Å². The van der Waals surface area contributed by atoms with Gasteiger partial charge in [0.2, 0.25) is 0 Å². The van der Waals surface area contributed by atoms with Crippen molar-refractivity contribution in [3.8, 4) is 23.0 Å². The normalized spacial score (nSPS) is 10.8. The van der Waals surface area contributed by atoms with Crippen LogP contribution >= 0.6 is 15.9 Å². The minimum Gasteiger partial charge on any atom is -0.507 e. The Hall–Kier alpha value is -2.74. The zero-order chi connectivity index (χ0) is 16.3. The van der Waals surface area contributed by atoms with E-state index in [0.717, 1.165) is 16.6 Å². The molecule has 0 saturated heterocycles. The summed E-state index contributed by atoms with van der Waals surface area (Å²) >= 11 is 3.24. The second-order valence-electron chi connectivity index (χ2n) is 4.27. The first-order valence-corrected chi connectivity index (χ1v) is 6.74. The molecule has 8 heteroatoms. The number of nitrogens with one attached hydrogen (secondary N) is 1. The molecule has 2 aromatic carbocycles. The Balaban J connectivity index is 2.13. The lowest BCUT2D eigenvalue weighted by molar-refractivity contribution is 0.0954. The van der Waals surface area contributed by atoms with Gasteiger partial charge in [0.25, 0.3) is 5.91 Å². The summed E-state index contributed by atoms with van der Waals surface area (Å²) in [6.45, 7) is 0. The summed E-state index contributed by atoms with van der Waals surface area (Å²) in [7, 11) is 0. The van der Waals surface area contributed by atoms with Gasteiger partial charge >= 0.3 is 0 Å². The molecule has 0 fully saturated rings. The van der Waals surface area contributed by atoms with Gasteiger partial charge in [-0.15, -0.1) is 0 Å². The molecule has 0 aliphatic carbocycles. The van der Waals surface area contributed by atoms with Gasteiger partial charge in [-0.3, -0.25) is 4.79 Å². The molecule has 0 aliphatic rings. The smallest absolute Gasteiger partial charge is 0.271 e. The van der Waals surface area contributed by atoms with Crippen molar-refractivity contribution in [2.24, 2.45) is 5.10 Å². The highest BCUT2D eigenvalue weighted by molar-refractivity contribution is 9.10. The average Bonchev–Trinajstić information content (AvgIpc) is 2.47. The molecule has 0 unspecified atom stereocenters. The van der Waals surface area contributed by atoms with Crippen LogP contribution in [0.3, 0.4) is 0 Å². The molecule has 0 aromatic heterocycles. The molecule has 22 heavy (non-hydrogen) atoms. The predicted molar refractivity (Wildman–Crippen MR) is 82.3 cm³/mol. The van der Waals surface area contributed by atoms with Crippen molar-refractivity contribution in [2.45, 2.75) is 0 Å². The number of halogens is 1. The number of phenols is 4. The van der Waals surface area contributed by atoms with Crippen molar-refractivity contribution in [1.29, 1.82) is 0 Å². The maximum atomic E-state index is 11.8. The van der Waals surface area contributed by atoms with Crippen molar-refractivity contribution in [3.05, 3.63) is 45.9 Å². The van der Waals surface area contributed by atoms with Crippen LogP contribution < -0.4 is 5.43 Å². The van der Waals surface area contributed by atoms with Crippen molar-refractivity contribution >= 4 is 28.1 Å². The predicted octanol–water partition coefficient (Wildman–Crippen LogP) is 2.04. The lowest BCUT2D eigenvalue weighted by Gasteiger charge is -2.04. The number of phenolic OH excluding ortho intramolecular Hbond substituents is 4. The Morgan fingerprint density at radius 1 is 1.05 bits per heavy atom. The maximum Gasteiger partial charge on any atom is 0.271 e. The maximum absolute atomic E-state index is 11.8. The Bertz CT molecular complexity index is 738. The third-order valence-electron chi connectivity index (χ3n) is 2.69. The fourth-order valence-corrected chi connectivity index (χ4v) is 1.97. The molecule has 0 aliphatic heterocycles. The number of nitrogens with zero attached hydrogens (tertiary/aromatic N) is 1. The number of hydrazone groups is 1. The third-order valence-corrected chi connectivity index (χ3v) is 3.18. The minimum atomic E-state index is -0.712. The average molecular weight is 367 g/mol. The van der Waals surface area contributed by atoms with E-state index < -0.39 is 23.2 Å². The van der Waals surface area contributed by atoms with Crippen LogP contribution in [0.2, 0.25) is 0 Å². The molecule has 0 heterocycles. The van der Waals surface area contributed by atoms with Crippen LogP contribution in [0.1, 0.15) is 15.9 Å². The first-order chi connectivity index (χ1) is 10.4. The number of carbonyl (C=O) groups is 1. The lowest BCUT2D eigenvalue weighted by Crippen LogP contribution is -2.17. The summed E-state index contributed by atoms with van der Waals surface area (Å²) in [5.74, 6) is -2.69. The van der Waals surface area contributed by atoms with E-state index in [4.69, 9.17) is 0 Å². The molecular formula is C14H11BrN2O5. The van der Waals surface area contributed by atoms with Gasteiger partial charge in [0.1, 0.15) is 5.75 Å². The van der Waals surface area contributed by atoms with Gasteiger partial charge in [0.05, 0.1) is 6.21 Å². The van der Waals surface area contributed by atoms with Gasteiger partial charge in [0, 0.05) is 15.6 Å². The van der Waals surface area contributed by atoms with Gasteiger partial charge < -0.3 is 20.4 Å². The molecule has 0 radical (unpaired) electrons. The number of benzene rings is 2. The van der Waals surface area contributed by atoms with E-state index >= 15 is 0 Å². The van der Waals surface area contributed by atoms with Gasteiger partial charge in [-0.1, -0.05) is 15.9 Å². The molecule has 7 nitrogen and oxygen atoms in total. The number of hydrogen-bond acceptors (Lipinski definition) is 6. The number of hydrogen-bond donors (Lipinski definition) is 5. The molecule has 0 bridgehead atoms. The van der Waals surface area contributed by atoms with Crippen LogP contribution in [0, 0.1) is 0 Å². The monoisotopic (exact) mass is 366 g/mol. The molecule has 0 saturated carbocycles. The Kier molecular flexibility index (Phi) is 4.52. The summed E-state index contributed by atoms with van der Waals surface area (Å²) in [5.41, 5.74) is 2.45. The number of amides is 1. The van der Waals surface area contributed by atoms with Crippen molar-refractivity contribution < 1.29 is 25.2 Å².